The second-order valence-electron chi connectivity index (χ2n) is 4.22. The number of H-pyrrole nitrogens is 1. The van der Waals surface area contributed by atoms with E-state index >= 15 is 0 Å². The van der Waals surface area contributed by atoms with Crippen molar-refractivity contribution in [1.82, 2.24) is 4.98 Å². The van der Waals surface area contributed by atoms with E-state index in [-0.39, 0.29) is 11.7 Å². The van der Waals surface area contributed by atoms with Crippen molar-refractivity contribution in [1.29, 1.82) is 0 Å². The molecule has 1 saturated carbocycles. The summed E-state index contributed by atoms with van der Waals surface area (Å²) in [6, 6.07) is 5.11. The highest BCUT2D eigenvalue weighted by Crippen LogP contribution is 2.30. The van der Waals surface area contributed by atoms with E-state index in [0.717, 1.165) is 19.3 Å². The van der Waals surface area contributed by atoms with E-state index in [1.165, 1.54) is 0 Å². The number of rotatable bonds is 2. The fourth-order valence-corrected chi connectivity index (χ4v) is 2.00. The number of fused-ring (bicyclic) bond motifs is 1. The van der Waals surface area contributed by atoms with Crippen molar-refractivity contribution < 1.29 is 9.21 Å². The van der Waals surface area contributed by atoms with Crippen LogP contribution in [0.3, 0.4) is 0 Å². The minimum atomic E-state index is -0.483. The van der Waals surface area contributed by atoms with E-state index in [2.05, 4.69) is 4.98 Å². The molecule has 0 bridgehead atoms. The van der Waals surface area contributed by atoms with Gasteiger partial charge in [0.2, 0.25) is 0 Å². The molecule has 0 atom stereocenters. The number of benzene rings is 1. The predicted molar refractivity (Wildman–Crippen MR) is 58.5 cm³/mol. The Bertz CT molecular complexity index is 604. The Hall–Kier alpha value is -1.84. The average molecular weight is 217 g/mol. The molecule has 1 aliphatic carbocycles. The molecule has 3 rings (SSSR count). The summed E-state index contributed by atoms with van der Waals surface area (Å²) in [6.45, 7) is 0. The van der Waals surface area contributed by atoms with Crippen LogP contribution in [-0.2, 0) is 0 Å². The van der Waals surface area contributed by atoms with Gasteiger partial charge in [0.1, 0.15) is 0 Å². The van der Waals surface area contributed by atoms with Gasteiger partial charge >= 0.3 is 5.76 Å². The minimum absolute atomic E-state index is 0.164. The molecule has 1 aromatic heterocycles. The van der Waals surface area contributed by atoms with Crippen molar-refractivity contribution in [2.75, 3.05) is 0 Å². The zero-order chi connectivity index (χ0) is 11.1. The molecule has 82 valence electrons. The van der Waals surface area contributed by atoms with Crippen LogP contribution in [0, 0.1) is 5.92 Å². The molecule has 0 unspecified atom stereocenters. The molecular weight excluding hydrogens is 206 g/mol. The first-order valence-corrected chi connectivity index (χ1v) is 5.41. The topological polar surface area (TPSA) is 63.1 Å². The maximum Gasteiger partial charge on any atom is 0.417 e. The van der Waals surface area contributed by atoms with E-state index in [1.807, 2.05) is 0 Å². The summed E-state index contributed by atoms with van der Waals surface area (Å²) in [5.74, 6) is -0.150. The Morgan fingerprint density at radius 3 is 2.88 bits per heavy atom. The van der Waals surface area contributed by atoms with Crippen LogP contribution in [0.25, 0.3) is 11.1 Å². The molecule has 0 saturated heterocycles. The lowest BCUT2D eigenvalue weighted by molar-refractivity contribution is 0.0855. The van der Waals surface area contributed by atoms with Crippen LogP contribution >= 0.6 is 0 Å². The van der Waals surface area contributed by atoms with E-state index in [9.17, 15) is 9.59 Å². The van der Waals surface area contributed by atoms with E-state index in [1.54, 1.807) is 18.2 Å². The molecule has 2 aromatic rings. The lowest BCUT2D eigenvalue weighted by atomic mass is 9.80. The molecule has 0 amide bonds. The normalized spacial score (nSPS) is 16.2. The van der Waals surface area contributed by atoms with E-state index in [4.69, 9.17) is 4.42 Å². The van der Waals surface area contributed by atoms with Crippen molar-refractivity contribution in [3.8, 4) is 0 Å². The third kappa shape index (κ3) is 1.38. The predicted octanol–water partition coefficient (Wildman–Crippen LogP) is 2.10. The summed E-state index contributed by atoms with van der Waals surface area (Å²) in [6.07, 6.45) is 3.10. The third-order valence-electron chi connectivity index (χ3n) is 3.18. The second-order valence-corrected chi connectivity index (χ2v) is 4.22. The zero-order valence-corrected chi connectivity index (χ0v) is 8.66. The van der Waals surface area contributed by atoms with Crippen molar-refractivity contribution in [2.45, 2.75) is 19.3 Å². The Morgan fingerprint density at radius 1 is 1.38 bits per heavy atom. The van der Waals surface area contributed by atoms with Gasteiger partial charge in [0.05, 0.1) is 5.52 Å². The van der Waals surface area contributed by atoms with Crippen LogP contribution in [0.5, 0.6) is 0 Å². The number of nitrogens with one attached hydrogen (secondary N) is 1. The van der Waals surface area contributed by atoms with Crippen LogP contribution in [0.2, 0.25) is 0 Å². The number of aromatic nitrogens is 1. The molecular formula is C12H11NO3. The minimum Gasteiger partial charge on any atom is -0.408 e. The first-order valence-electron chi connectivity index (χ1n) is 5.41. The molecule has 1 heterocycles. The summed E-state index contributed by atoms with van der Waals surface area (Å²) in [5.41, 5.74) is 1.73. The maximum atomic E-state index is 11.9. The molecule has 1 aliphatic rings. The van der Waals surface area contributed by atoms with E-state index in [0.29, 0.717) is 16.7 Å². The number of carbonyl (C=O) groups is 1. The molecule has 4 heteroatoms. The van der Waals surface area contributed by atoms with Crippen molar-refractivity contribution in [2.24, 2.45) is 5.92 Å². The van der Waals surface area contributed by atoms with Gasteiger partial charge in [0.25, 0.3) is 0 Å². The highest BCUT2D eigenvalue weighted by molar-refractivity contribution is 6.00. The van der Waals surface area contributed by atoms with Gasteiger partial charge in [-0.1, -0.05) is 6.42 Å². The first-order chi connectivity index (χ1) is 7.74. The number of hydrogen-bond donors (Lipinski definition) is 1. The van der Waals surface area contributed by atoms with E-state index < -0.39 is 5.76 Å². The van der Waals surface area contributed by atoms with Gasteiger partial charge in [-0.25, -0.2) is 4.79 Å². The van der Waals surface area contributed by atoms with Crippen LogP contribution in [0.4, 0.5) is 0 Å². The lowest BCUT2D eigenvalue weighted by Crippen LogP contribution is -2.21. The Kier molecular flexibility index (Phi) is 1.96. The molecule has 0 spiro atoms. The fourth-order valence-electron chi connectivity index (χ4n) is 2.00. The summed E-state index contributed by atoms with van der Waals surface area (Å²) >= 11 is 0. The average Bonchev–Trinajstić information content (AvgIpc) is 2.53. The smallest absolute Gasteiger partial charge is 0.408 e. The van der Waals surface area contributed by atoms with Crippen molar-refractivity contribution in [3.05, 3.63) is 34.3 Å². The van der Waals surface area contributed by atoms with Gasteiger partial charge in [-0.2, -0.15) is 0 Å². The number of aromatic amines is 1. The summed E-state index contributed by atoms with van der Waals surface area (Å²) in [5, 5.41) is 0. The molecule has 1 N–H and O–H groups in total. The standard InChI is InChI=1S/C12H11NO3/c14-11(7-2-1-3-7)8-4-5-9-10(6-8)16-12(15)13-9/h4-7H,1-3H2,(H,13,15). The number of carbonyl (C=O) groups excluding carboxylic acids is 1. The van der Waals surface area contributed by atoms with Crippen LogP contribution in [-0.4, -0.2) is 10.8 Å². The van der Waals surface area contributed by atoms with Crippen LogP contribution in [0.15, 0.2) is 27.4 Å². The summed E-state index contributed by atoms with van der Waals surface area (Å²) < 4.78 is 4.93. The summed E-state index contributed by atoms with van der Waals surface area (Å²) in [4.78, 5) is 25.5. The molecule has 4 nitrogen and oxygen atoms in total. The monoisotopic (exact) mass is 217 g/mol. The number of hydrogen-bond acceptors (Lipinski definition) is 3. The van der Waals surface area contributed by atoms with Gasteiger partial charge in [-0.3, -0.25) is 9.78 Å². The summed E-state index contributed by atoms with van der Waals surface area (Å²) in [7, 11) is 0. The SMILES string of the molecule is O=C(c1ccc2[nH]c(=O)oc2c1)C1CCC1. The number of ketones is 1. The number of Topliss-reactive ketones (excluding diaryl/α,β-unsaturated/α-hetero) is 1. The second kappa shape index (κ2) is 3.33. The molecule has 16 heavy (non-hydrogen) atoms. The Balaban J connectivity index is 2.03. The van der Waals surface area contributed by atoms with Gasteiger partial charge in [-0.15, -0.1) is 0 Å². The van der Waals surface area contributed by atoms with Crippen LogP contribution in [0.1, 0.15) is 29.6 Å². The van der Waals surface area contributed by atoms with Gasteiger partial charge in [0.15, 0.2) is 11.4 Å². The lowest BCUT2D eigenvalue weighted by Gasteiger charge is -2.23. The zero-order valence-electron chi connectivity index (χ0n) is 8.66. The van der Waals surface area contributed by atoms with Gasteiger partial charge in [-0.05, 0) is 31.0 Å². The van der Waals surface area contributed by atoms with Crippen molar-refractivity contribution in [3.63, 3.8) is 0 Å². The molecule has 0 aliphatic heterocycles. The highest BCUT2D eigenvalue weighted by atomic mass is 16.4. The quantitative estimate of drug-likeness (QED) is 0.783. The Morgan fingerprint density at radius 2 is 2.19 bits per heavy atom. The molecule has 1 aromatic carbocycles. The van der Waals surface area contributed by atoms with Gasteiger partial charge in [0, 0.05) is 11.5 Å². The molecule has 1 fully saturated rings. The van der Waals surface area contributed by atoms with Crippen molar-refractivity contribution >= 4 is 16.9 Å². The molecule has 0 radical (unpaired) electrons. The number of oxazole rings is 1. The largest absolute Gasteiger partial charge is 0.417 e. The van der Waals surface area contributed by atoms with Crippen LogP contribution < -0.4 is 5.76 Å². The fraction of sp³-hybridized carbons (Fsp3) is 0.333. The Labute approximate surface area is 91.3 Å². The maximum absolute atomic E-state index is 11.9. The van der Waals surface area contributed by atoms with Gasteiger partial charge < -0.3 is 4.42 Å². The highest BCUT2D eigenvalue weighted by Gasteiger charge is 2.26. The third-order valence-corrected chi connectivity index (χ3v) is 3.18. The first kappa shape index (κ1) is 9.39.